The molecule has 0 saturated heterocycles. The van der Waals surface area contributed by atoms with Crippen LogP contribution in [0.1, 0.15) is 33.9 Å². The van der Waals surface area contributed by atoms with E-state index in [9.17, 15) is 9.50 Å². The number of ether oxygens (including phenoxy) is 1. The third-order valence-corrected chi connectivity index (χ3v) is 5.46. The number of aryl methyl sites for hydroxylation is 1. The van der Waals surface area contributed by atoms with Crippen LogP contribution in [0.25, 0.3) is 0 Å². The largest absolute Gasteiger partial charge is 0.484 e. The van der Waals surface area contributed by atoms with Crippen LogP contribution in [-0.2, 0) is 0 Å². The summed E-state index contributed by atoms with van der Waals surface area (Å²) >= 11 is 5.10. The lowest BCUT2D eigenvalue weighted by Gasteiger charge is -2.29. The van der Waals surface area contributed by atoms with Crippen molar-refractivity contribution in [1.82, 2.24) is 0 Å². The van der Waals surface area contributed by atoms with E-state index in [0.717, 1.165) is 14.2 Å². The molecule has 0 bridgehead atoms. The Morgan fingerprint density at radius 1 is 1.42 bits per heavy atom. The number of hydrogen-bond acceptors (Lipinski definition) is 3. The van der Waals surface area contributed by atoms with Gasteiger partial charge in [0.25, 0.3) is 0 Å². The molecule has 1 aliphatic rings. The Morgan fingerprint density at radius 2 is 2.21 bits per heavy atom. The summed E-state index contributed by atoms with van der Waals surface area (Å²) in [6.07, 6.45) is -0.347. The zero-order valence-electron chi connectivity index (χ0n) is 10.2. The number of halogens is 2. The van der Waals surface area contributed by atoms with E-state index >= 15 is 0 Å². The Hall–Kier alpha value is -0.910. The average Bonchev–Trinajstić information content (AvgIpc) is 2.69. The van der Waals surface area contributed by atoms with Crippen LogP contribution < -0.4 is 4.74 Å². The van der Waals surface area contributed by atoms with Gasteiger partial charge in [0, 0.05) is 32.3 Å². The topological polar surface area (TPSA) is 29.5 Å². The van der Waals surface area contributed by atoms with Crippen LogP contribution in [0.5, 0.6) is 5.75 Å². The molecular formula is C14H12BrFO2S. The molecule has 3 rings (SSSR count). The maximum absolute atomic E-state index is 13.3. The van der Waals surface area contributed by atoms with E-state index in [4.69, 9.17) is 4.74 Å². The summed E-state index contributed by atoms with van der Waals surface area (Å²) in [5, 5.41) is 10.2. The lowest BCUT2D eigenvalue weighted by atomic mass is 9.98. The fourth-order valence-corrected chi connectivity index (χ4v) is 3.83. The molecule has 0 radical (unpaired) electrons. The molecule has 1 unspecified atom stereocenters. The minimum atomic E-state index is -0.615. The van der Waals surface area contributed by atoms with Crippen molar-refractivity contribution in [2.24, 2.45) is 0 Å². The number of hydrogen-bond donors (Lipinski definition) is 1. The van der Waals surface area contributed by atoms with Crippen molar-refractivity contribution in [3.63, 3.8) is 0 Å². The zero-order chi connectivity index (χ0) is 13.6. The number of aliphatic hydroxyl groups excluding tert-OH is 1. The van der Waals surface area contributed by atoms with Crippen LogP contribution in [0, 0.1) is 12.7 Å². The molecule has 2 nitrogen and oxygen atoms in total. The highest BCUT2D eigenvalue weighted by atomic mass is 79.9. The molecule has 100 valence electrons. The summed E-state index contributed by atoms with van der Waals surface area (Å²) in [4.78, 5) is 2.21. The van der Waals surface area contributed by atoms with Crippen LogP contribution in [0.2, 0.25) is 0 Å². The second kappa shape index (κ2) is 4.89. The lowest BCUT2D eigenvalue weighted by molar-refractivity contribution is 0.0670. The van der Waals surface area contributed by atoms with Gasteiger partial charge in [-0.3, -0.25) is 0 Å². The zero-order valence-corrected chi connectivity index (χ0v) is 12.6. The summed E-state index contributed by atoms with van der Waals surface area (Å²) < 4.78 is 20.1. The quantitative estimate of drug-likeness (QED) is 0.825. The molecule has 1 aromatic heterocycles. The fraction of sp³-hybridized carbons (Fsp3) is 0.286. The number of fused-ring (bicyclic) bond motifs is 1. The summed E-state index contributed by atoms with van der Waals surface area (Å²) in [5.74, 6) is 0.0843. The van der Waals surface area contributed by atoms with Gasteiger partial charge in [0.15, 0.2) is 0 Å². The van der Waals surface area contributed by atoms with Gasteiger partial charge in [-0.25, -0.2) is 4.39 Å². The normalized spacial score (nSPS) is 21.9. The number of benzene rings is 1. The third-order valence-electron chi connectivity index (χ3n) is 3.23. The molecule has 2 atom stereocenters. The molecule has 1 aromatic carbocycles. The number of rotatable bonds is 1. The molecule has 1 N–H and O–H groups in total. The first-order chi connectivity index (χ1) is 9.04. The smallest absolute Gasteiger partial charge is 0.136 e. The molecular weight excluding hydrogens is 331 g/mol. The molecule has 5 heteroatoms. The number of thiophene rings is 1. The molecule has 1 aliphatic heterocycles. The van der Waals surface area contributed by atoms with E-state index in [1.807, 2.05) is 13.0 Å². The fourth-order valence-electron chi connectivity index (χ4n) is 2.23. The summed E-state index contributed by atoms with van der Waals surface area (Å²) in [6, 6.07) is 6.26. The molecule has 2 aromatic rings. The minimum absolute atomic E-state index is 0.223. The van der Waals surface area contributed by atoms with Crippen LogP contribution in [0.15, 0.2) is 28.7 Å². The van der Waals surface area contributed by atoms with Gasteiger partial charge in [0.2, 0.25) is 0 Å². The third kappa shape index (κ3) is 2.42. The van der Waals surface area contributed by atoms with Gasteiger partial charge in [-0.05, 0) is 41.1 Å². The number of aliphatic hydroxyl groups is 1. The average molecular weight is 343 g/mol. The first kappa shape index (κ1) is 13.1. The monoisotopic (exact) mass is 342 g/mol. The standard InChI is InChI=1S/C14H12BrFO2S/c1-7-10(15)5-14(19-7)13-6-11(17)9-3-2-8(16)4-12(9)18-13/h2-5,11,13,17H,6H2,1H3/t11-,13?/m1/s1. The van der Waals surface area contributed by atoms with Crippen LogP contribution >= 0.6 is 27.3 Å². The minimum Gasteiger partial charge on any atom is -0.484 e. The first-order valence-corrected chi connectivity index (χ1v) is 7.55. The maximum atomic E-state index is 13.3. The Kier molecular flexibility index (Phi) is 3.37. The van der Waals surface area contributed by atoms with Gasteiger partial charge in [-0.2, -0.15) is 0 Å². The maximum Gasteiger partial charge on any atom is 0.136 e. The van der Waals surface area contributed by atoms with Crippen molar-refractivity contribution in [2.75, 3.05) is 0 Å². The van der Waals surface area contributed by atoms with Crippen molar-refractivity contribution in [2.45, 2.75) is 25.6 Å². The molecule has 0 fully saturated rings. The predicted molar refractivity (Wildman–Crippen MR) is 76.1 cm³/mol. The molecule has 0 amide bonds. The second-order valence-corrected chi connectivity index (χ2v) is 6.74. The van der Waals surface area contributed by atoms with E-state index in [0.29, 0.717) is 17.7 Å². The lowest BCUT2D eigenvalue weighted by Crippen LogP contribution is -2.18. The highest BCUT2D eigenvalue weighted by molar-refractivity contribution is 9.10. The first-order valence-electron chi connectivity index (χ1n) is 5.94. The second-order valence-electron chi connectivity index (χ2n) is 4.59. The van der Waals surface area contributed by atoms with Gasteiger partial charge in [-0.1, -0.05) is 0 Å². The van der Waals surface area contributed by atoms with Crippen LogP contribution in [0.4, 0.5) is 4.39 Å². The summed E-state index contributed by atoms with van der Waals surface area (Å²) in [5.41, 5.74) is 0.657. The van der Waals surface area contributed by atoms with Gasteiger partial charge in [0.1, 0.15) is 17.7 Å². The Balaban J connectivity index is 1.96. The highest BCUT2D eigenvalue weighted by Gasteiger charge is 2.29. The Morgan fingerprint density at radius 3 is 2.89 bits per heavy atom. The van der Waals surface area contributed by atoms with Crippen LogP contribution in [0.3, 0.4) is 0 Å². The molecule has 0 saturated carbocycles. The molecule has 0 aliphatic carbocycles. The summed E-state index contributed by atoms with van der Waals surface area (Å²) in [6.45, 7) is 2.02. The van der Waals surface area contributed by atoms with E-state index in [2.05, 4.69) is 15.9 Å². The Labute approximate surface area is 123 Å². The van der Waals surface area contributed by atoms with E-state index in [1.54, 1.807) is 17.4 Å². The highest BCUT2D eigenvalue weighted by Crippen LogP contribution is 2.43. The van der Waals surface area contributed by atoms with Gasteiger partial charge in [0.05, 0.1) is 6.10 Å². The van der Waals surface area contributed by atoms with Crippen molar-refractivity contribution in [3.8, 4) is 5.75 Å². The van der Waals surface area contributed by atoms with E-state index in [1.165, 1.54) is 12.1 Å². The van der Waals surface area contributed by atoms with Crippen molar-refractivity contribution >= 4 is 27.3 Å². The van der Waals surface area contributed by atoms with Crippen molar-refractivity contribution < 1.29 is 14.2 Å². The Bertz CT molecular complexity index is 606. The SMILES string of the molecule is Cc1sc(C2C[C@@H](O)c3ccc(F)cc3O2)cc1Br. The molecule has 2 heterocycles. The van der Waals surface area contributed by atoms with Crippen LogP contribution in [-0.4, -0.2) is 5.11 Å². The predicted octanol–water partition coefficient (Wildman–Crippen LogP) is 4.52. The molecule has 0 spiro atoms. The van der Waals surface area contributed by atoms with Gasteiger partial charge < -0.3 is 9.84 Å². The molecule has 19 heavy (non-hydrogen) atoms. The van der Waals surface area contributed by atoms with Gasteiger partial charge >= 0.3 is 0 Å². The van der Waals surface area contributed by atoms with E-state index in [-0.39, 0.29) is 11.9 Å². The van der Waals surface area contributed by atoms with E-state index < -0.39 is 6.10 Å². The van der Waals surface area contributed by atoms with Crippen molar-refractivity contribution in [1.29, 1.82) is 0 Å². The van der Waals surface area contributed by atoms with Gasteiger partial charge in [-0.15, -0.1) is 11.3 Å². The summed E-state index contributed by atoms with van der Waals surface area (Å²) in [7, 11) is 0. The van der Waals surface area contributed by atoms with Crippen molar-refractivity contribution in [3.05, 3.63) is 49.9 Å².